The van der Waals surface area contributed by atoms with Gasteiger partial charge in [0.2, 0.25) is 5.91 Å². The predicted molar refractivity (Wildman–Crippen MR) is 124 cm³/mol. The number of ether oxygens (including phenoxy) is 2. The Labute approximate surface area is 193 Å². The highest BCUT2D eigenvalue weighted by Crippen LogP contribution is 2.30. The number of piperidine rings is 1. The van der Waals surface area contributed by atoms with Crippen LogP contribution in [0.3, 0.4) is 0 Å². The van der Waals surface area contributed by atoms with E-state index in [4.69, 9.17) is 9.47 Å². The number of rotatable bonds is 7. The molecule has 3 heterocycles. The van der Waals surface area contributed by atoms with Crippen molar-refractivity contribution in [2.45, 2.75) is 18.9 Å². The summed E-state index contributed by atoms with van der Waals surface area (Å²) < 4.78 is 11.5. The van der Waals surface area contributed by atoms with Crippen molar-refractivity contribution in [3.05, 3.63) is 36.7 Å². The van der Waals surface area contributed by atoms with Gasteiger partial charge in [-0.05, 0) is 25.0 Å². The van der Waals surface area contributed by atoms with Crippen LogP contribution in [-0.4, -0.2) is 91.7 Å². The van der Waals surface area contributed by atoms with Gasteiger partial charge in [0.25, 0.3) is 5.88 Å². The van der Waals surface area contributed by atoms with Gasteiger partial charge in [-0.25, -0.2) is 14.8 Å². The molecule has 1 aromatic heterocycles. The van der Waals surface area contributed by atoms with Gasteiger partial charge in [0.15, 0.2) is 5.82 Å². The van der Waals surface area contributed by atoms with E-state index in [1.807, 2.05) is 43.3 Å². The van der Waals surface area contributed by atoms with Crippen molar-refractivity contribution in [3.8, 4) is 11.6 Å². The van der Waals surface area contributed by atoms with E-state index in [1.54, 1.807) is 34.2 Å². The van der Waals surface area contributed by atoms with Crippen LogP contribution in [0.2, 0.25) is 0 Å². The summed E-state index contributed by atoms with van der Waals surface area (Å²) in [6, 6.07) is 7.22. The molecule has 3 amide bonds. The molecule has 10 nitrogen and oxygen atoms in total. The average molecular weight is 455 g/mol. The number of likely N-dealkylation sites (tertiary alicyclic amines) is 1. The maximum atomic E-state index is 13.0. The summed E-state index contributed by atoms with van der Waals surface area (Å²) in [7, 11) is 5.35. The summed E-state index contributed by atoms with van der Waals surface area (Å²) in [5.41, 5.74) is 0.715. The average Bonchev–Trinajstić information content (AvgIpc) is 3.19. The van der Waals surface area contributed by atoms with E-state index < -0.39 is 0 Å². The molecule has 2 aromatic rings. The van der Waals surface area contributed by atoms with Gasteiger partial charge in [0.05, 0.1) is 19.3 Å². The number of hydrogen-bond acceptors (Lipinski definition) is 7. The maximum absolute atomic E-state index is 13.0. The second-order valence-electron chi connectivity index (χ2n) is 8.33. The highest BCUT2D eigenvalue weighted by molar-refractivity contribution is 5.97. The Hall–Kier alpha value is -3.56. The minimum absolute atomic E-state index is 0.0469. The number of methoxy groups -OCH3 is 1. The lowest BCUT2D eigenvalue weighted by Gasteiger charge is -2.34. The fourth-order valence-corrected chi connectivity index (χ4v) is 4.20. The number of aromatic nitrogens is 2. The third-order valence-electron chi connectivity index (χ3n) is 5.88. The van der Waals surface area contributed by atoms with Crippen LogP contribution in [0.4, 0.5) is 16.3 Å². The number of para-hydroxylation sites is 2. The van der Waals surface area contributed by atoms with Crippen LogP contribution in [0.5, 0.6) is 11.6 Å². The smallest absolute Gasteiger partial charge is 0.325 e. The number of benzene rings is 1. The number of hydrogen-bond donors (Lipinski definition) is 0. The van der Waals surface area contributed by atoms with Crippen LogP contribution in [0.1, 0.15) is 12.8 Å². The van der Waals surface area contributed by atoms with Crippen molar-refractivity contribution in [2.24, 2.45) is 0 Å². The van der Waals surface area contributed by atoms with E-state index in [0.29, 0.717) is 49.3 Å². The van der Waals surface area contributed by atoms with Crippen molar-refractivity contribution in [1.82, 2.24) is 19.8 Å². The fraction of sp³-hybridized carbons (Fsp3) is 0.478. The number of anilines is 2. The number of nitrogens with zero attached hydrogens (tertiary/aromatic N) is 6. The minimum atomic E-state index is -0.187. The van der Waals surface area contributed by atoms with Gasteiger partial charge in [-0.15, -0.1) is 0 Å². The number of amides is 3. The first kappa shape index (κ1) is 22.6. The Bertz CT molecular complexity index is 1000. The quantitative estimate of drug-likeness (QED) is 0.631. The molecule has 1 unspecified atom stereocenters. The lowest BCUT2D eigenvalue weighted by Crippen LogP contribution is -2.48. The monoisotopic (exact) mass is 454 g/mol. The molecule has 2 saturated heterocycles. The number of urea groups is 1. The van der Waals surface area contributed by atoms with Crippen molar-refractivity contribution < 1.29 is 19.1 Å². The molecule has 1 atom stereocenters. The normalized spacial score (nSPS) is 18.5. The van der Waals surface area contributed by atoms with Crippen LogP contribution in [0, 0.1) is 0 Å². The molecule has 33 heavy (non-hydrogen) atoms. The van der Waals surface area contributed by atoms with E-state index in [-0.39, 0.29) is 24.6 Å². The molecule has 0 spiro atoms. The van der Waals surface area contributed by atoms with Crippen molar-refractivity contribution in [2.75, 3.05) is 63.7 Å². The molecule has 176 valence electrons. The Balaban J connectivity index is 1.36. The van der Waals surface area contributed by atoms with E-state index in [0.717, 1.165) is 12.8 Å². The van der Waals surface area contributed by atoms with Gasteiger partial charge in [-0.2, -0.15) is 0 Å². The first-order valence-corrected chi connectivity index (χ1v) is 11.1. The highest BCUT2D eigenvalue weighted by Gasteiger charge is 2.34. The van der Waals surface area contributed by atoms with Crippen LogP contribution >= 0.6 is 0 Å². The van der Waals surface area contributed by atoms with Crippen molar-refractivity contribution in [3.63, 3.8) is 0 Å². The van der Waals surface area contributed by atoms with Gasteiger partial charge in [-0.1, -0.05) is 12.1 Å². The lowest BCUT2D eigenvalue weighted by molar-refractivity contribution is -0.134. The molecule has 0 bridgehead atoms. The summed E-state index contributed by atoms with van der Waals surface area (Å²) in [5.74, 6) is 1.67. The van der Waals surface area contributed by atoms with E-state index >= 15 is 0 Å². The lowest BCUT2D eigenvalue weighted by atomic mass is 10.1. The largest absolute Gasteiger partial charge is 0.495 e. The third kappa shape index (κ3) is 4.94. The van der Waals surface area contributed by atoms with E-state index in [1.165, 1.54) is 0 Å². The van der Waals surface area contributed by atoms with Gasteiger partial charge < -0.3 is 24.2 Å². The Morgan fingerprint density at radius 3 is 2.73 bits per heavy atom. The molecule has 2 fully saturated rings. The van der Waals surface area contributed by atoms with Gasteiger partial charge in [-0.3, -0.25) is 9.69 Å². The molecule has 0 saturated carbocycles. The zero-order chi connectivity index (χ0) is 23.4. The van der Waals surface area contributed by atoms with Crippen LogP contribution < -0.4 is 19.3 Å². The molecule has 2 aliphatic heterocycles. The fourth-order valence-electron chi connectivity index (χ4n) is 4.20. The van der Waals surface area contributed by atoms with Crippen LogP contribution in [0.15, 0.2) is 36.7 Å². The first-order chi connectivity index (χ1) is 16.0. The molecule has 10 heteroatoms. The van der Waals surface area contributed by atoms with Crippen LogP contribution in [-0.2, 0) is 4.79 Å². The molecule has 4 rings (SSSR count). The van der Waals surface area contributed by atoms with Gasteiger partial charge in [0, 0.05) is 46.1 Å². The Kier molecular flexibility index (Phi) is 6.81. The molecule has 1 aromatic carbocycles. The van der Waals surface area contributed by atoms with E-state index in [2.05, 4.69) is 9.97 Å². The summed E-state index contributed by atoms with van der Waals surface area (Å²) in [5, 5.41) is 0. The number of carbonyl (C=O) groups excluding carboxylic acids is 2. The topological polar surface area (TPSA) is 91.3 Å². The first-order valence-electron chi connectivity index (χ1n) is 11.1. The van der Waals surface area contributed by atoms with Crippen LogP contribution in [0.25, 0.3) is 0 Å². The standard InChI is InChI=1S/C23H30N6O4/c1-26(2)21-22(25-11-10-24-21)33-17-7-6-12-27(15-17)20(30)16-28-13-14-29(23(28)31)18-8-4-5-9-19(18)32-3/h4-5,8-11,17H,6-7,12-16H2,1-3H3. The zero-order valence-corrected chi connectivity index (χ0v) is 19.3. The summed E-state index contributed by atoms with van der Waals surface area (Å²) >= 11 is 0. The van der Waals surface area contributed by atoms with Gasteiger partial charge in [0.1, 0.15) is 18.4 Å². The summed E-state index contributed by atoms with van der Waals surface area (Å²) in [4.78, 5) is 41.5. The second-order valence-corrected chi connectivity index (χ2v) is 8.33. The Morgan fingerprint density at radius 2 is 1.94 bits per heavy atom. The molecule has 2 aliphatic rings. The number of carbonyl (C=O) groups is 2. The van der Waals surface area contributed by atoms with Gasteiger partial charge >= 0.3 is 6.03 Å². The Morgan fingerprint density at radius 1 is 1.15 bits per heavy atom. The van der Waals surface area contributed by atoms with E-state index in [9.17, 15) is 9.59 Å². The molecular weight excluding hydrogens is 424 g/mol. The second kappa shape index (κ2) is 9.93. The zero-order valence-electron chi connectivity index (χ0n) is 19.3. The summed E-state index contributed by atoms with van der Waals surface area (Å²) in [6.07, 6.45) is 4.71. The molecule has 0 N–H and O–H groups in total. The maximum Gasteiger partial charge on any atom is 0.325 e. The summed E-state index contributed by atoms with van der Waals surface area (Å²) in [6.45, 7) is 2.16. The highest BCUT2D eigenvalue weighted by atomic mass is 16.5. The van der Waals surface area contributed by atoms with Crippen molar-refractivity contribution >= 4 is 23.4 Å². The molecular formula is C23H30N6O4. The SMILES string of the molecule is COc1ccccc1N1CCN(CC(=O)N2CCCC(Oc3nccnc3N(C)C)C2)C1=O. The predicted octanol–water partition coefficient (Wildman–Crippen LogP) is 1.86. The minimum Gasteiger partial charge on any atom is -0.495 e. The van der Waals surface area contributed by atoms with Crippen molar-refractivity contribution in [1.29, 1.82) is 0 Å². The molecule has 0 radical (unpaired) electrons. The third-order valence-corrected chi connectivity index (χ3v) is 5.88. The molecule has 0 aliphatic carbocycles.